The summed E-state index contributed by atoms with van der Waals surface area (Å²) in [5, 5.41) is 0.237. The van der Waals surface area contributed by atoms with E-state index in [1.807, 2.05) is 0 Å². The van der Waals surface area contributed by atoms with Gasteiger partial charge in [-0.1, -0.05) is 0 Å². The third-order valence-corrected chi connectivity index (χ3v) is 3.47. The number of ether oxygens (including phenoxy) is 3. The first-order valence-corrected chi connectivity index (χ1v) is 6.49. The Bertz CT molecular complexity index is 611. The Kier molecular flexibility index (Phi) is 4.19. The van der Waals surface area contributed by atoms with Crippen LogP contribution in [-0.4, -0.2) is 32.4 Å². The van der Waals surface area contributed by atoms with Gasteiger partial charge in [0, 0.05) is 5.56 Å². The number of thioether (sulfide) groups is 1. The largest absolute Gasteiger partial charge is 0.493 e. The number of rotatable bonds is 4. The maximum absolute atomic E-state index is 11.6. The van der Waals surface area contributed by atoms with E-state index in [1.165, 1.54) is 14.2 Å². The molecule has 0 unspecified atom stereocenters. The van der Waals surface area contributed by atoms with E-state index in [9.17, 15) is 4.79 Å². The Morgan fingerprint density at radius 3 is 2.35 bits per heavy atom. The van der Waals surface area contributed by atoms with Gasteiger partial charge in [0.05, 0.1) is 26.2 Å². The number of amides is 1. The number of nitrogens with zero attached hydrogens (tertiary/aromatic N) is 1. The summed E-state index contributed by atoms with van der Waals surface area (Å²) in [7, 11) is 4.59. The minimum Gasteiger partial charge on any atom is -0.493 e. The van der Waals surface area contributed by atoms with Crippen LogP contribution < -0.4 is 19.9 Å². The summed E-state index contributed by atoms with van der Waals surface area (Å²) in [6, 6.07) is 3.51. The van der Waals surface area contributed by atoms with Crippen molar-refractivity contribution in [1.29, 1.82) is 0 Å². The number of hydrogen-bond acceptors (Lipinski definition) is 6. The van der Waals surface area contributed by atoms with Crippen molar-refractivity contribution in [3.8, 4) is 17.2 Å². The van der Waals surface area contributed by atoms with Crippen molar-refractivity contribution in [2.75, 3.05) is 21.3 Å². The molecule has 7 heteroatoms. The number of nitrogens with two attached hydrogens (primary N) is 1. The van der Waals surface area contributed by atoms with Gasteiger partial charge in [-0.2, -0.15) is 4.99 Å². The van der Waals surface area contributed by atoms with Gasteiger partial charge in [-0.15, -0.1) is 0 Å². The molecule has 0 saturated carbocycles. The molecule has 2 rings (SSSR count). The molecule has 1 aliphatic heterocycles. The van der Waals surface area contributed by atoms with Crippen molar-refractivity contribution in [3.05, 3.63) is 22.6 Å². The van der Waals surface area contributed by atoms with Crippen molar-refractivity contribution in [2.24, 2.45) is 10.7 Å². The summed E-state index contributed by atoms with van der Waals surface area (Å²) in [6.07, 6.45) is 1.66. The van der Waals surface area contributed by atoms with E-state index in [1.54, 1.807) is 25.3 Å². The summed E-state index contributed by atoms with van der Waals surface area (Å²) in [4.78, 5) is 15.7. The minimum atomic E-state index is -0.357. The molecule has 1 aromatic carbocycles. The highest BCUT2D eigenvalue weighted by molar-refractivity contribution is 8.18. The van der Waals surface area contributed by atoms with Crippen molar-refractivity contribution < 1.29 is 19.0 Å². The average molecular weight is 294 g/mol. The first-order chi connectivity index (χ1) is 9.60. The van der Waals surface area contributed by atoms with Gasteiger partial charge in [0.1, 0.15) is 0 Å². The van der Waals surface area contributed by atoms with Gasteiger partial charge in [0.25, 0.3) is 5.91 Å². The molecule has 0 aliphatic carbocycles. The van der Waals surface area contributed by atoms with E-state index >= 15 is 0 Å². The fourth-order valence-corrected chi connectivity index (χ4v) is 2.48. The molecule has 106 valence electrons. The summed E-state index contributed by atoms with van der Waals surface area (Å²) in [6.45, 7) is 0. The van der Waals surface area contributed by atoms with Crippen LogP contribution in [0.2, 0.25) is 0 Å². The molecule has 0 spiro atoms. The molecule has 0 saturated heterocycles. The van der Waals surface area contributed by atoms with Gasteiger partial charge >= 0.3 is 0 Å². The van der Waals surface area contributed by atoms with Crippen molar-refractivity contribution in [2.45, 2.75) is 0 Å². The molecular formula is C13H14N2O4S. The van der Waals surface area contributed by atoms with Crippen LogP contribution in [0.15, 0.2) is 22.0 Å². The summed E-state index contributed by atoms with van der Waals surface area (Å²) >= 11 is 1.12. The lowest BCUT2D eigenvalue weighted by Crippen LogP contribution is -2.01. The lowest BCUT2D eigenvalue weighted by atomic mass is 10.1. The maximum atomic E-state index is 11.6. The zero-order valence-corrected chi connectivity index (χ0v) is 12.1. The van der Waals surface area contributed by atoms with Crippen LogP contribution in [0, 0.1) is 0 Å². The number of carbonyl (C=O) groups is 1. The first-order valence-electron chi connectivity index (χ1n) is 5.67. The Morgan fingerprint density at radius 2 is 1.85 bits per heavy atom. The predicted octanol–water partition coefficient (Wildman–Crippen LogP) is 1.64. The van der Waals surface area contributed by atoms with Gasteiger partial charge in [-0.05, 0) is 30.0 Å². The number of hydrogen-bond donors (Lipinski definition) is 1. The lowest BCUT2D eigenvalue weighted by Gasteiger charge is -2.14. The number of methoxy groups -OCH3 is 3. The van der Waals surface area contributed by atoms with Crippen molar-refractivity contribution in [3.63, 3.8) is 0 Å². The zero-order chi connectivity index (χ0) is 14.7. The van der Waals surface area contributed by atoms with Crippen LogP contribution in [0.25, 0.3) is 6.08 Å². The molecule has 20 heavy (non-hydrogen) atoms. The summed E-state index contributed by atoms with van der Waals surface area (Å²) < 4.78 is 15.8. The molecule has 0 radical (unpaired) electrons. The fraction of sp³-hybridized carbons (Fsp3) is 0.231. The summed E-state index contributed by atoms with van der Waals surface area (Å²) in [5.41, 5.74) is 6.20. The van der Waals surface area contributed by atoms with E-state index in [0.29, 0.717) is 27.7 Å². The van der Waals surface area contributed by atoms with Crippen LogP contribution in [0.1, 0.15) is 5.56 Å². The van der Waals surface area contributed by atoms with Gasteiger partial charge in [-0.3, -0.25) is 4.79 Å². The molecule has 1 heterocycles. The zero-order valence-electron chi connectivity index (χ0n) is 11.3. The summed E-state index contributed by atoms with van der Waals surface area (Å²) in [5.74, 6) is 1.14. The Labute approximate surface area is 120 Å². The van der Waals surface area contributed by atoms with Gasteiger partial charge in [0.2, 0.25) is 5.75 Å². The topological polar surface area (TPSA) is 83.1 Å². The Balaban J connectivity index is 2.48. The molecule has 6 nitrogen and oxygen atoms in total. The first kappa shape index (κ1) is 14.3. The highest BCUT2D eigenvalue weighted by Gasteiger charge is 2.21. The van der Waals surface area contributed by atoms with Gasteiger partial charge in [-0.25, -0.2) is 0 Å². The van der Waals surface area contributed by atoms with Crippen LogP contribution in [0.3, 0.4) is 0 Å². The van der Waals surface area contributed by atoms with E-state index in [4.69, 9.17) is 19.9 Å². The standard InChI is InChI=1S/C13H14N2O4S/c1-17-8-5-4-7(10(18-2)11(8)19-3)6-9-12(16)15-13(14)20-9/h4-6H,1-3H3,(H2,14,15,16)/b9-6-. The van der Waals surface area contributed by atoms with Crippen LogP contribution in [0.5, 0.6) is 17.2 Å². The van der Waals surface area contributed by atoms with Crippen molar-refractivity contribution >= 4 is 28.9 Å². The van der Waals surface area contributed by atoms with Gasteiger partial charge in [0.15, 0.2) is 16.7 Å². The number of aliphatic imine (C=N–C) groups is 1. The molecule has 0 bridgehead atoms. The third kappa shape index (κ3) is 2.57. The fourth-order valence-electron chi connectivity index (χ4n) is 1.80. The highest BCUT2D eigenvalue weighted by atomic mass is 32.2. The molecule has 0 aromatic heterocycles. The van der Waals surface area contributed by atoms with E-state index in [-0.39, 0.29) is 11.1 Å². The molecule has 0 fully saturated rings. The quantitative estimate of drug-likeness (QED) is 0.850. The van der Waals surface area contributed by atoms with E-state index in [2.05, 4.69) is 4.99 Å². The van der Waals surface area contributed by atoms with E-state index in [0.717, 1.165) is 11.8 Å². The molecular weight excluding hydrogens is 280 g/mol. The molecule has 1 amide bonds. The average Bonchev–Trinajstić information content (AvgIpc) is 2.76. The SMILES string of the molecule is COc1ccc(/C=C2\SC(N)=NC2=O)c(OC)c1OC. The van der Waals surface area contributed by atoms with Crippen LogP contribution in [0.4, 0.5) is 0 Å². The van der Waals surface area contributed by atoms with Crippen LogP contribution >= 0.6 is 11.8 Å². The molecule has 2 N–H and O–H groups in total. The van der Waals surface area contributed by atoms with E-state index < -0.39 is 0 Å². The van der Waals surface area contributed by atoms with Crippen molar-refractivity contribution in [1.82, 2.24) is 0 Å². The lowest BCUT2D eigenvalue weighted by molar-refractivity contribution is -0.113. The Morgan fingerprint density at radius 1 is 1.15 bits per heavy atom. The maximum Gasteiger partial charge on any atom is 0.286 e. The third-order valence-electron chi connectivity index (χ3n) is 2.66. The molecule has 0 atom stereocenters. The number of benzene rings is 1. The normalized spacial score (nSPS) is 16.2. The predicted molar refractivity (Wildman–Crippen MR) is 78.3 cm³/mol. The monoisotopic (exact) mass is 294 g/mol. The second-order valence-corrected chi connectivity index (χ2v) is 4.85. The second-order valence-electron chi connectivity index (χ2n) is 3.79. The molecule has 1 aliphatic rings. The number of amidine groups is 1. The molecule has 1 aromatic rings. The Hall–Kier alpha value is -2.15. The minimum absolute atomic E-state index is 0.237. The number of carbonyl (C=O) groups excluding carboxylic acids is 1. The second kappa shape index (κ2) is 5.87. The van der Waals surface area contributed by atoms with Gasteiger partial charge < -0.3 is 19.9 Å². The highest BCUT2D eigenvalue weighted by Crippen LogP contribution is 2.41. The smallest absolute Gasteiger partial charge is 0.286 e. The van der Waals surface area contributed by atoms with Crippen LogP contribution in [-0.2, 0) is 4.79 Å².